The number of nitrogens with zero attached hydrogens (tertiary/aromatic N) is 7. The summed E-state index contributed by atoms with van der Waals surface area (Å²) in [5.74, 6) is 2.48. The number of aryl methyl sites for hydroxylation is 2. The Morgan fingerprint density at radius 2 is 1.90 bits per heavy atom. The molecule has 2 aliphatic heterocycles. The van der Waals surface area contributed by atoms with Gasteiger partial charge in [-0.15, -0.1) is 0 Å². The molecule has 3 aromatic rings. The zero-order valence-electron chi connectivity index (χ0n) is 17.1. The van der Waals surface area contributed by atoms with Crippen molar-refractivity contribution < 1.29 is 4.79 Å². The highest BCUT2D eigenvalue weighted by atomic mass is 16.2. The molecule has 2 aliphatic rings. The zero-order valence-corrected chi connectivity index (χ0v) is 17.1. The average molecular weight is 407 g/mol. The van der Waals surface area contributed by atoms with Crippen molar-refractivity contribution in [1.29, 1.82) is 0 Å². The Morgan fingerprint density at radius 3 is 2.73 bits per heavy atom. The molecule has 0 spiro atoms. The molecule has 2 aromatic heterocycles. The first-order valence-electron chi connectivity index (χ1n) is 10.5. The average Bonchev–Trinajstić information content (AvgIpc) is 3.20. The van der Waals surface area contributed by atoms with Gasteiger partial charge < -0.3 is 4.90 Å². The Hall–Kier alpha value is -3.23. The van der Waals surface area contributed by atoms with Gasteiger partial charge in [-0.1, -0.05) is 30.3 Å². The molecule has 1 atom stereocenters. The van der Waals surface area contributed by atoms with E-state index in [-0.39, 0.29) is 17.5 Å². The molecule has 0 bridgehead atoms. The van der Waals surface area contributed by atoms with Crippen molar-refractivity contribution in [2.75, 3.05) is 13.1 Å². The number of hydrogen-bond donors (Lipinski definition) is 0. The first-order chi connectivity index (χ1) is 14.6. The molecule has 0 saturated heterocycles. The molecule has 9 nitrogen and oxygen atoms in total. The molecular formula is C21H25N7O2. The van der Waals surface area contributed by atoms with Crippen molar-refractivity contribution in [2.45, 2.75) is 38.8 Å². The monoisotopic (exact) mass is 407 g/mol. The Balaban J connectivity index is 1.24. The number of hydrogen-bond acceptors (Lipinski definition) is 5. The molecule has 0 aliphatic carbocycles. The number of fused-ring (bicyclic) bond motifs is 2. The van der Waals surface area contributed by atoms with Gasteiger partial charge in [-0.3, -0.25) is 9.36 Å². The van der Waals surface area contributed by atoms with E-state index in [0.717, 1.165) is 23.9 Å². The molecule has 1 aromatic carbocycles. The smallest absolute Gasteiger partial charge is 0.340 e. The van der Waals surface area contributed by atoms with Crippen LogP contribution in [0.2, 0.25) is 0 Å². The summed E-state index contributed by atoms with van der Waals surface area (Å²) < 4.78 is 4.94. The number of benzene rings is 1. The van der Waals surface area contributed by atoms with Gasteiger partial charge in [-0.2, -0.15) is 10.2 Å². The summed E-state index contributed by atoms with van der Waals surface area (Å²) in [6.07, 6.45) is 2.80. The van der Waals surface area contributed by atoms with Gasteiger partial charge in [0.1, 0.15) is 11.6 Å². The quantitative estimate of drug-likeness (QED) is 0.627. The molecule has 0 N–H and O–H groups in total. The van der Waals surface area contributed by atoms with Crippen molar-refractivity contribution in [2.24, 2.45) is 13.0 Å². The number of carbonyl (C=O) groups is 1. The lowest BCUT2D eigenvalue weighted by Crippen LogP contribution is -2.42. The van der Waals surface area contributed by atoms with E-state index in [2.05, 4.69) is 22.3 Å². The Labute approximate surface area is 173 Å². The van der Waals surface area contributed by atoms with Crippen LogP contribution >= 0.6 is 0 Å². The van der Waals surface area contributed by atoms with E-state index in [9.17, 15) is 9.59 Å². The van der Waals surface area contributed by atoms with Gasteiger partial charge >= 0.3 is 5.69 Å². The summed E-state index contributed by atoms with van der Waals surface area (Å²) in [7, 11) is 1.65. The van der Waals surface area contributed by atoms with E-state index < -0.39 is 0 Å². The van der Waals surface area contributed by atoms with Gasteiger partial charge in [0.05, 0.1) is 12.5 Å². The van der Waals surface area contributed by atoms with E-state index >= 15 is 0 Å². The normalized spacial score (nSPS) is 18.6. The van der Waals surface area contributed by atoms with Gasteiger partial charge in [-0.25, -0.2) is 19.1 Å². The second kappa shape index (κ2) is 7.55. The van der Waals surface area contributed by atoms with Crippen molar-refractivity contribution in [1.82, 2.24) is 34.0 Å². The lowest BCUT2D eigenvalue weighted by molar-refractivity contribution is -0.136. The highest BCUT2D eigenvalue weighted by molar-refractivity contribution is 5.79. The summed E-state index contributed by atoms with van der Waals surface area (Å²) in [4.78, 5) is 32.0. The Morgan fingerprint density at radius 1 is 1.07 bits per heavy atom. The second-order valence-corrected chi connectivity index (χ2v) is 8.07. The molecule has 0 radical (unpaired) electrons. The van der Waals surface area contributed by atoms with Crippen LogP contribution in [0.15, 0.2) is 35.1 Å². The maximum Gasteiger partial charge on any atom is 0.345 e. The van der Waals surface area contributed by atoms with Crippen LogP contribution in [-0.2, 0) is 44.2 Å². The van der Waals surface area contributed by atoms with Crippen molar-refractivity contribution >= 4 is 5.91 Å². The Kier molecular flexibility index (Phi) is 4.72. The lowest BCUT2D eigenvalue weighted by Gasteiger charge is -2.28. The highest BCUT2D eigenvalue weighted by Gasteiger charge is 2.31. The Bertz CT molecular complexity index is 1100. The first-order valence-corrected chi connectivity index (χ1v) is 10.5. The van der Waals surface area contributed by atoms with E-state index in [4.69, 9.17) is 4.98 Å². The van der Waals surface area contributed by atoms with Gasteiger partial charge in [0.2, 0.25) is 5.91 Å². The number of rotatable bonds is 3. The van der Waals surface area contributed by atoms with Crippen LogP contribution in [0.25, 0.3) is 0 Å². The summed E-state index contributed by atoms with van der Waals surface area (Å²) in [5, 5.41) is 8.92. The molecule has 4 heterocycles. The van der Waals surface area contributed by atoms with Gasteiger partial charge in [0, 0.05) is 45.9 Å². The predicted molar refractivity (Wildman–Crippen MR) is 109 cm³/mol. The highest BCUT2D eigenvalue weighted by Crippen LogP contribution is 2.20. The van der Waals surface area contributed by atoms with Crippen LogP contribution in [0.3, 0.4) is 0 Å². The van der Waals surface area contributed by atoms with Crippen LogP contribution in [0.4, 0.5) is 0 Å². The molecular weight excluding hydrogens is 382 g/mol. The van der Waals surface area contributed by atoms with Crippen LogP contribution in [0.1, 0.15) is 29.5 Å². The molecule has 1 unspecified atom stereocenters. The van der Waals surface area contributed by atoms with E-state index in [1.165, 1.54) is 10.2 Å². The number of carbonyl (C=O) groups excluding carboxylic acids is 1. The molecule has 156 valence electrons. The van der Waals surface area contributed by atoms with Gasteiger partial charge in [0.15, 0.2) is 5.82 Å². The summed E-state index contributed by atoms with van der Waals surface area (Å²) in [6.45, 7) is 2.31. The molecule has 9 heteroatoms. The molecule has 1 amide bonds. The first kappa shape index (κ1) is 18.8. The third-order valence-electron chi connectivity index (χ3n) is 6.05. The van der Waals surface area contributed by atoms with Crippen LogP contribution < -0.4 is 5.69 Å². The lowest BCUT2D eigenvalue weighted by atomic mass is 9.97. The molecule has 0 fully saturated rings. The van der Waals surface area contributed by atoms with Gasteiger partial charge in [-0.05, 0) is 12.0 Å². The summed E-state index contributed by atoms with van der Waals surface area (Å²) in [5.41, 5.74) is 1.05. The predicted octanol–water partition coefficient (Wildman–Crippen LogP) is 0.411. The minimum absolute atomic E-state index is 0.117. The van der Waals surface area contributed by atoms with Crippen molar-refractivity contribution in [3.05, 3.63) is 63.9 Å². The number of aromatic nitrogens is 6. The van der Waals surface area contributed by atoms with Crippen LogP contribution in [-0.4, -0.2) is 53.0 Å². The topological polar surface area (TPSA) is 90.8 Å². The molecule has 0 saturated carbocycles. The fourth-order valence-electron chi connectivity index (χ4n) is 4.42. The molecule has 5 rings (SSSR count). The van der Waals surface area contributed by atoms with Gasteiger partial charge in [0.25, 0.3) is 0 Å². The number of amides is 1. The third kappa shape index (κ3) is 3.44. The fraction of sp³-hybridized carbons (Fsp3) is 0.476. The summed E-state index contributed by atoms with van der Waals surface area (Å²) >= 11 is 0. The SMILES string of the molecule is Cn1nc2n(c1=O)CC(C(=O)N1CCc3nc(Cc4ccccc4)nn3CC1)CC2. The minimum Gasteiger partial charge on any atom is -0.340 e. The second-order valence-electron chi connectivity index (χ2n) is 8.07. The van der Waals surface area contributed by atoms with Crippen molar-refractivity contribution in [3.63, 3.8) is 0 Å². The van der Waals surface area contributed by atoms with E-state index in [1.807, 2.05) is 27.8 Å². The van der Waals surface area contributed by atoms with E-state index in [1.54, 1.807) is 11.6 Å². The standard InChI is InChI=1S/C21H25N7O2/c1-25-21(30)27-14-16(7-8-19(27)24-25)20(29)26-10-9-18-22-17(23-28(18)12-11-26)13-15-5-3-2-4-6-15/h2-6,16H,7-14H2,1H3. The van der Waals surface area contributed by atoms with Crippen molar-refractivity contribution in [3.8, 4) is 0 Å². The minimum atomic E-state index is -0.175. The molecule has 30 heavy (non-hydrogen) atoms. The zero-order chi connectivity index (χ0) is 20.7. The van der Waals surface area contributed by atoms with E-state index in [0.29, 0.717) is 45.4 Å². The third-order valence-corrected chi connectivity index (χ3v) is 6.05. The fourth-order valence-corrected chi connectivity index (χ4v) is 4.42. The van der Waals surface area contributed by atoms with Crippen LogP contribution in [0, 0.1) is 5.92 Å². The maximum absolute atomic E-state index is 13.1. The summed E-state index contributed by atoms with van der Waals surface area (Å²) in [6, 6.07) is 10.2. The largest absolute Gasteiger partial charge is 0.345 e. The maximum atomic E-state index is 13.1. The van der Waals surface area contributed by atoms with Crippen LogP contribution in [0.5, 0.6) is 0 Å².